The Morgan fingerprint density at radius 2 is 2.12 bits per heavy atom. The van der Waals surface area contributed by atoms with Gasteiger partial charge in [-0.3, -0.25) is 4.79 Å². The van der Waals surface area contributed by atoms with Gasteiger partial charge >= 0.3 is 6.18 Å². The number of carbonyl (C=O) groups excluding carboxylic acids is 1. The summed E-state index contributed by atoms with van der Waals surface area (Å²) < 4.78 is 43.6. The van der Waals surface area contributed by atoms with Crippen LogP contribution in [0.1, 0.15) is 58.4 Å². The molecule has 2 aromatic rings. The first-order valence-electron chi connectivity index (χ1n) is 7.76. The second-order valence-electron chi connectivity index (χ2n) is 5.97. The van der Waals surface area contributed by atoms with Crippen LogP contribution in [0.2, 0.25) is 0 Å². The molecule has 0 atom stereocenters. The zero-order chi connectivity index (χ0) is 17.3. The van der Waals surface area contributed by atoms with Gasteiger partial charge in [0.1, 0.15) is 5.76 Å². The zero-order valence-electron chi connectivity index (χ0n) is 13.1. The molecule has 1 fully saturated rings. The molecule has 1 aliphatic rings. The van der Waals surface area contributed by atoms with Gasteiger partial charge in [-0.2, -0.15) is 13.2 Å². The van der Waals surface area contributed by atoms with Crippen LogP contribution in [0.25, 0.3) is 0 Å². The van der Waals surface area contributed by atoms with Crippen LogP contribution in [-0.2, 0) is 12.7 Å². The number of nitrogens with one attached hydrogen (secondary N) is 1. The standard InChI is InChI=1S/C17H17F3N2O2/c1-10-14(22-16(24-10)12-5-3-6-12)15(23)21-9-11-4-2-7-13(8-11)17(18,19)20/h2,4,7-8,12H,3,5-6,9H2,1H3,(H,21,23). The van der Waals surface area contributed by atoms with Crippen molar-refractivity contribution in [3.63, 3.8) is 0 Å². The van der Waals surface area contributed by atoms with Gasteiger partial charge in [-0.15, -0.1) is 0 Å². The van der Waals surface area contributed by atoms with Gasteiger partial charge in [0.15, 0.2) is 11.6 Å². The quantitative estimate of drug-likeness (QED) is 0.909. The van der Waals surface area contributed by atoms with E-state index in [0.717, 1.165) is 31.4 Å². The van der Waals surface area contributed by atoms with E-state index < -0.39 is 17.6 Å². The van der Waals surface area contributed by atoms with E-state index in [1.807, 2.05) is 0 Å². The lowest BCUT2D eigenvalue weighted by Crippen LogP contribution is -2.24. The Morgan fingerprint density at radius 1 is 1.38 bits per heavy atom. The molecule has 0 unspecified atom stereocenters. The predicted molar refractivity (Wildman–Crippen MR) is 80.4 cm³/mol. The normalized spacial score (nSPS) is 15.2. The summed E-state index contributed by atoms with van der Waals surface area (Å²) in [5.74, 6) is 0.828. The third kappa shape index (κ3) is 3.44. The molecular weight excluding hydrogens is 321 g/mol. The third-order valence-corrected chi connectivity index (χ3v) is 4.19. The van der Waals surface area contributed by atoms with E-state index in [4.69, 9.17) is 4.42 Å². The lowest BCUT2D eigenvalue weighted by atomic mass is 9.85. The number of amides is 1. The number of benzene rings is 1. The molecule has 3 rings (SSSR count). The minimum absolute atomic E-state index is 0.00614. The maximum Gasteiger partial charge on any atom is 0.416 e. The van der Waals surface area contributed by atoms with Crippen LogP contribution in [-0.4, -0.2) is 10.9 Å². The van der Waals surface area contributed by atoms with Crippen LogP contribution < -0.4 is 5.32 Å². The largest absolute Gasteiger partial charge is 0.445 e. The molecule has 0 spiro atoms. The van der Waals surface area contributed by atoms with Crippen molar-refractivity contribution in [1.29, 1.82) is 0 Å². The van der Waals surface area contributed by atoms with Crippen LogP contribution in [0.15, 0.2) is 28.7 Å². The number of halogens is 3. The van der Waals surface area contributed by atoms with Gasteiger partial charge in [0.25, 0.3) is 5.91 Å². The summed E-state index contributed by atoms with van der Waals surface area (Å²) in [7, 11) is 0. The number of aromatic nitrogens is 1. The first-order chi connectivity index (χ1) is 11.3. The van der Waals surface area contributed by atoms with Crippen molar-refractivity contribution in [3.8, 4) is 0 Å². The average molecular weight is 338 g/mol. The summed E-state index contributed by atoms with van der Waals surface area (Å²) in [6, 6.07) is 4.87. The minimum Gasteiger partial charge on any atom is -0.445 e. The van der Waals surface area contributed by atoms with Crippen molar-refractivity contribution in [1.82, 2.24) is 10.3 Å². The van der Waals surface area contributed by atoms with E-state index >= 15 is 0 Å². The molecule has 128 valence electrons. The maximum atomic E-state index is 12.7. The molecule has 1 saturated carbocycles. The smallest absolute Gasteiger partial charge is 0.416 e. The molecule has 0 aliphatic heterocycles. The van der Waals surface area contributed by atoms with Crippen LogP contribution in [0.3, 0.4) is 0 Å². The Balaban J connectivity index is 1.66. The minimum atomic E-state index is -4.40. The number of aryl methyl sites for hydroxylation is 1. The first-order valence-corrected chi connectivity index (χ1v) is 7.76. The molecule has 24 heavy (non-hydrogen) atoms. The number of carbonyl (C=O) groups is 1. The molecule has 0 bridgehead atoms. The SMILES string of the molecule is Cc1oc(C2CCC2)nc1C(=O)NCc1cccc(C(F)(F)F)c1. The number of rotatable bonds is 4. The van der Waals surface area contributed by atoms with Crippen LogP contribution >= 0.6 is 0 Å². The molecule has 1 amide bonds. The molecule has 0 radical (unpaired) electrons. The molecule has 1 aromatic carbocycles. The zero-order valence-corrected chi connectivity index (χ0v) is 13.1. The van der Waals surface area contributed by atoms with Crippen LogP contribution in [0.5, 0.6) is 0 Å². The van der Waals surface area contributed by atoms with Gasteiger partial charge in [-0.25, -0.2) is 4.98 Å². The fraction of sp³-hybridized carbons (Fsp3) is 0.412. The second kappa shape index (κ2) is 6.30. The van der Waals surface area contributed by atoms with E-state index in [-0.39, 0.29) is 18.2 Å². The van der Waals surface area contributed by atoms with E-state index in [2.05, 4.69) is 10.3 Å². The molecule has 1 N–H and O–H groups in total. The Kier molecular flexibility index (Phi) is 4.34. The fourth-order valence-electron chi connectivity index (χ4n) is 2.58. The Bertz CT molecular complexity index is 749. The topological polar surface area (TPSA) is 55.1 Å². The molecule has 1 aliphatic carbocycles. The van der Waals surface area contributed by atoms with Crippen molar-refractivity contribution in [3.05, 3.63) is 52.7 Å². The van der Waals surface area contributed by atoms with E-state index in [0.29, 0.717) is 17.2 Å². The van der Waals surface area contributed by atoms with Crippen LogP contribution in [0, 0.1) is 6.92 Å². The summed E-state index contributed by atoms with van der Waals surface area (Å²) in [6.45, 7) is 1.65. The maximum absolute atomic E-state index is 12.7. The lowest BCUT2D eigenvalue weighted by molar-refractivity contribution is -0.137. The summed E-state index contributed by atoms with van der Waals surface area (Å²) in [6.07, 6.45) is -1.26. The molecular formula is C17H17F3N2O2. The van der Waals surface area contributed by atoms with Crippen molar-refractivity contribution in [2.75, 3.05) is 0 Å². The Morgan fingerprint density at radius 3 is 2.75 bits per heavy atom. The lowest BCUT2D eigenvalue weighted by Gasteiger charge is -2.21. The van der Waals surface area contributed by atoms with Gasteiger partial charge < -0.3 is 9.73 Å². The number of hydrogen-bond donors (Lipinski definition) is 1. The highest BCUT2D eigenvalue weighted by Gasteiger charge is 2.30. The molecule has 1 aromatic heterocycles. The number of nitrogens with zero attached hydrogens (tertiary/aromatic N) is 1. The second-order valence-corrected chi connectivity index (χ2v) is 5.97. The molecule has 7 heteroatoms. The van der Waals surface area contributed by atoms with Crippen molar-refractivity contribution in [2.45, 2.75) is 44.8 Å². The predicted octanol–water partition coefficient (Wildman–Crippen LogP) is 4.20. The number of hydrogen-bond acceptors (Lipinski definition) is 3. The molecule has 0 saturated heterocycles. The first kappa shape index (κ1) is 16.5. The van der Waals surface area contributed by atoms with E-state index in [1.165, 1.54) is 12.1 Å². The average Bonchev–Trinajstić information content (AvgIpc) is 2.84. The van der Waals surface area contributed by atoms with E-state index in [1.54, 1.807) is 6.92 Å². The van der Waals surface area contributed by atoms with Crippen molar-refractivity contribution >= 4 is 5.91 Å². The summed E-state index contributed by atoms with van der Waals surface area (Å²) in [5, 5.41) is 2.59. The summed E-state index contributed by atoms with van der Waals surface area (Å²) in [4.78, 5) is 16.4. The monoisotopic (exact) mass is 338 g/mol. The summed E-state index contributed by atoms with van der Waals surface area (Å²) >= 11 is 0. The number of oxazole rings is 1. The van der Waals surface area contributed by atoms with Crippen LogP contribution in [0.4, 0.5) is 13.2 Å². The number of alkyl halides is 3. The third-order valence-electron chi connectivity index (χ3n) is 4.19. The van der Waals surface area contributed by atoms with Gasteiger partial charge in [0.05, 0.1) is 5.56 Å². The fourth-order valence-corrected chi connectivity index (χ4v) is 2.58. The van der Waals surface area contributed by atoms with Crippen molar-refractivity contribution in [2.24, 2.45) is 0 Å². The van der Waals surface area contributed by atoms with Gasteiger partial charge in [0, 0.05) is 12.5 Å². The highest BCUT2D eigenvalue weighted by atomic mass is 19.4. The Hall–Kier alpha value is -2.31. The van der Waals surface area contributed by atoms with Gasteiger partial charge in [-0.1, -0.05) is 18.6 Å². The van der Waals surface area contributed by atoms with Gasteiger partial charge in [0.2, 0.25) is 0 Å². The highest BCUT2D eigenvalue weighted by Crippen LogP contribution is 2.36. The highest BCUT2D eigenvalue weighted by molar-refractivity contribution is 5.93. The van der Waals surface area contributed by atoms with E-state index in [9.17, 15) is 18.0 Å². The summed E-state index contributed by atoms with van der Waals surface area (Å²) in [5.41, 5.74) is -0.165. The molecule has 1 heterocycles. The molecule has 4 nitrogen and oxygen atoms in total. The van der Waals surface area contributed by atoms with Gasteiger partial charge in [-0.05, 0) is 37.5 Å². The van der Waals surface area contributed by atoms with Crippen molar-refractivity contribution < 1.29 is 22.4 Å². The Labute approximate surface area is 137 Å².